The van der Waals surface area contributed by atoms with Crippen molar-refractivity contribution in [1.29, 1.82) is 0 Å². The number of carbonyl (C=O) groups is 2. The summed E-state index contributed by atoms with van der Waals surface area (Å²) < 4.78 is 22.0. The van der Waals surface area contributed by atoms with Crippen LogP contribution >= 0.6 is 11.6 Å². The summed E-state index contributed by atoms with van der Waals surface area (Å²) in [5.74, 6) is -0.0644. The lowest BCUT2D eigenvalue weighted by molar-refractivity contribution is -0.130. The highest BCUT2D eigenvalue weighted by Gasteiger charge is 2.18. The second kappa shape index (κ2) is 11.7. The SMILES string of the molecule is CC(=O)N1CCN(CCCOc2ccc(C(=O)Nc3ccc(-n4nc(C)c(Cl)c4C)c(F)c3)cc2)CC1. The molecule has 2 heterocycles. The first kappa shape index (κ1) is 26.6. The van der Waals surface area contributed by atoms with Crippen molar-refractivity contribution < 1.29 is 18.7 Å². The van der Waals surface area contributed by atoms with Gasteiger partial charge in [0, 0.05) is 50.9 Å². The van der Waals surface area contributed by atoms with Crippen molar-refractivity contribution in [3.05, 3.63) is 70.3 Å². The number of halogens is 2. The van der Waals surface area contributed by atoms with Gasteiger partial charge in [0.05, 0.1) is 23.0 Å². The van der Waals surface area contributed by atoms with Crippen molar-refractivity contribution >= 4 is 29.1 Å². The Morgan fingerprint density at radius 3 is 2.38 bits per heavy atom. The molecule has 1 N–H and O–H groups in total. The molecule has 0 unspecified atom stereocenters. The van der Waals surface area contributed by atoms with Gasteiger partial charge in [-0.1, -0.05) is 11.6 Å². The summed E-state index contributed by atoms with van der Waals surface area (Å²) in [7, 11) is 0. The van der Waals surface area contributed by atoms with Crippen LogP contribution in [0.2, 0.25) is 5.02 Å². The molecule has 0 saturated carbocycles. The first-order valence-corrected chi connectivity index (χ1v) is 12.6. The third-order valence-electron chi connectivity index (χ3n) is 6.46. The van der Waals surface area contributed by atoms with E-state index >= 15 is 0 Å². The van der Waals surface area contributed by atoms with Gasteiger partial charge in [0.25, 0.3) is 5.91 Å². The fraction of sp³-hybridized carbons (Fsp3) is 0.370. The Balaban J connectivity index is 1.25. The predicted molar refractivity (Wildman–Crippen MR) is 141 cm³/mol. The molecule has 196 valence electrons. The van der Waals surface area contributed by atoms with Crippen LogP contribution in [0.5, 0.6) is 5.75 Å². The van der Waals surface area contributed by atoms with Crippen molar-refractivity contribution in [2.75, 3.05) is 44.6 Å². The third kappa shape index (κ3) is 6.47. The summed E-state index contributed by atoms with van der Waals surface area (Å²) in [5.41, 5.74) is 2.29. The molecule has 1 fully saturated rings. The molecule has 0 spiro atoms. The summed E-state index contributed by atoms with van der Waals surface area (Å²) in [6, 6.07) is 11.3. The van der Waals surface area contributed by atoms with E-state index in [2.05, 4.69) is 15.3 Å². The molecule has 1 aromatic heterocycles. The average Bonchev–Trinajstić information content (AvgIpc) is 3.14. The van der Waals surface area contributed by atoms with E-state index in [1.165, 1.54) is 10.7 Å². The molecule has 37 heavy (non-hydrogen) atoms. The zero-order valence-electron chi connectivity index (χ0n) is 21.3. The zero-order valence-corrected chi connectivity index (χ0v) is 22.0. The van der Waals surface area contributed by atoms with Crippen LogP contribution in [0.4, 0.5) is 10.1 Å². The lowest BCUT2D eigenvalue weighted by atomic mass is 10.2. The molecule has 0 bridgehead atoms. The van der Waals surface area contributed by atoms with E-state index in [0.29, 0.717) is 40.0 Å². The van der Waals surface area contributed by atoms with Crippen LogP contribution in [0.3, 0.4) is 0 Å². The minimum Gasteiger partial charge on any atom is -0.494 e. The van der Waals surface area contributed by atoms with Crippen LogP contribution in [0.1, 0.15) is 35.1 Å². The van der Waals surface area contributed by atoms with E-state index in [0.717, 1.165) is 39.1 Å². The second-order valence-corrected chi connectivity index (χ2v) is 9.47. The molecule has 1 aliphatic heterocycles. The Bertz CT molecular complexity index is 1270. The summed E-state index contributed by atoms with van der Waals surface area (Å²) in [6.07, 6.45) is 0.869. The molecular formula is C27H31ClFN5O3. The lowest BCUT2D eigenvalue weighted by Crippen LogP contribution is -2.48. The molecule has 1 saturated heterocycles. The highest BCUT2D eigenvalue weighted by molar-refractivity contribution is 6.31. The molecule has 1 aliphatic rings. The van der Waals surface area contributed by atoms with Crippen molar-refractivity contribution in [2.45, 2.75) is 27.2 Å². The molecule has 4 rings (SSSR count). The molecule has 10 heteroatoms. The van der Waals surface area contributed by atoms with Crippen LogP contribution in [-0.4, -0.2) is 70.7 Å². The van der Waals surface area contributed by atoms with E-state index in [1.54, 1.807) is 57.2 Å². The number of carbonyl (C=O) groups excluding carboxylic acids is 2. The van der Waals surface area contributed by atoms with E-state index in [9.17, 15) is 14.0 Å². The van der Waals surface area contributed by atoms with Gasteiger partial charge in [-0.15, -0.1) is 0 Å². The molecule has 3 aromatic rings. The first-order valence-electron chi connectivity index (χ1n) is 12.3. The standard InChI is InChI=1S/C27H31ClFN5O3/c1-18-26(28)19(2)34(31-18)25-10-7-22(17-24(25)29)30-27(36)21-5-8-23(9-6-21)37-16-4-11-32-12-14-33(15-13-32)20(3)35/h5-10,17H,4,11-16H2,1-3H3,(H,30,36). The Kier molecular flexibility index (Phi) is 8.45. The number of aromatic nitrogens is 2. The lowest BCUT2D eigenvalue weighted by Gasteiger charge is -2.34. The fourth-order valence-electron chi connectivity index (χ4n) is 4.28. The summed E-state index contributed by atoms with van der Waals surface area (Å²) in [4.78, 5) is 28.3. The summed E-state index contributed by atoms with van der Waals surface area (Å²) in [5, 5.41) is 7.49. The molecule has 0 aliphatic carbocycles. The van der Waals surface area contributed by atoms with Gasteiger partial charge in [-0.05, 0) is 62.7 Å². The van der Waals surface area contributed by atoms with Crippen LogP contribution < -0.4 is 10.1 Å². The second-order valence-electron chi connectivity index (χ2n) is 9.09. The Morgan fingerprint density at radius 2 is 1.78 bits per heavy atom. The minimum atomic E-state index is -0.524. The number of benzene rings is 2. The Labute approximate surface area is 221 Å². The highest BCUT2D eigenvalue weighted by atomic mass is 35.5. The summed E-state index contributed by atoms with van der Waals surface area (Å²) in [6.45, 7) is 9.92. The number of piperazine rings is 1. The number of rotatable bonds is 8. The number of hydrogen-bond acceptors (Lipinski definition) is 5. The largest absolute Gasteiger partial charge is 0.494 e. The van der Waals surface area contributed by atoms with Gasteiger partial charge in [-0.3, -0.25) is 14.5 Å². The average molecular weight is 528 g/mol. The van der Waals surface area contributed by atoms with Crippen molar-refractivity contribution in [3.8, 4) is 11.4 Å². The molecule has 2 amide bonds. The normalized spacial score (nSPS) is 14.0. The van der Waals surface area contributed by atoms with Gasteiger partial charge in [0.15, 0.2) is 5.82 Å². The topological polar surface area (TPSA) is 79.7 Å². The van der Waals surface area contributed by atoms with E-state index in [4.69, 9.17) is 16.3 Å². The van der Waals surface area contributed by atoms with Crippen molar-refractivity contribution in [3.63, 3.8) is 0 Å². The van der Waals surface area contributed by atoms with E-state index in [-0.39, 0.29) is 17.5 Å². The van der Waals surface area contributed by atoms with Gasteiger partial charge in [0.1, 0.15) is 11.4 Å². The Hall–Kier alpha value is -3.43. The van der Waals surface area contributed by atoms with Gasteiger partial charge in [-0.2, -0.15) is 5.10 Å². The van der Waals surface area contributed by atoms with Crippen LogP contribution in [0.15, 0.2) is 42.5 Å². The minimum absolute atomic E-state index is 0.131. The maximum Gasteiger partial charge on any atom is 0.255 e. The molecule has 8 nitrogen and oxygen atoms in total. The van der Waals surface area contributed by atoms with Crippen molar-refractivity contribution in [1.82, 2.24) is 19.6 Å². The molecule has 2 aromatic carbocycles. The van der Waals surface area contributed by atoms with Crippen LogP contribution in [-0.2, 0) is 4.79 Å². The van der Waals surface area contributed by atoms with Crippen LogP contribution in [0.25, 0.3) is 5.69 Å². The van der Waals surface area contributed by atoms with Gasteiger partial charge in [-0.25, -0.2) is 9.07 Å². The first-order chi connectivity index (χ1) is 17.7. The quantitative estimate of drug-likeness (QED) is 0.437. The number of anilines is 1. The monoisotopic (exact) mass is 527 g/mol. The summed E-state index contributed by atoms with van der Waals surface area (Å²) >= 11 is 6.18. The number of ether oxygens (including phenoxy) is 1. The van der Waals surface area contributed by atoms with Gasteiger partial charge < -0.3 is 15.0 Å². The number of nitrogens with zero attached hydrogens (tertiary/aromatic N) is 4. The van der Waals surface area contributed by atoms with E-state index in [1.807, 2.05) is 4.90 Å². The maximum absolute atomic E-state index is 14.8. The van der Waals surface area contributed by atoms with E-state index < -0.39 is 5.82 Å². The number of hydrogen-bond donors (Lipinski definition) is 1. The zero-order chi connectivity index (χ0) is 26.5. The van der Waals surface area contributed by atoms with Crippen LogP contribution in [0, 0.1) is 19.7 Å². The Morgan fingerprint density at radius 1 is 1.08 bits per heavy atom. The molecule has 0 atom stereocenters. The smallest absolute Gasteiger partial charge is 0.255 e. The fourth-order valence-corrected chi connectivity index (χ4v) is 4.40. The molecule has 0 radical (unpaired) electrons. The number of aryl methyl sites for hydroxylation is 1. The van der Waals surface area contributed by atoms with Gasteiger partial charge in [0.2, 0.25) is 5.91 Å². The van der Waals surface area contributed by atoms with Crippen molar-refractivity contribution in [2.24, 2.45) is 0 Å². The third-order valence-corrected chi connectivity index (χ3v) is 7.01. The predicted octanol–water partition coefficient (Wildman–Crippen LogP) is 4.47. The number of nitrogens with one attached hydrogen (secondary N) is 1. The maximum atomic E-state index is 14.8. The highest BCUT2D eigenvalue weighted by Crippen LogP contribution is 2.25. The molecular weight excluding hydrogens is 497 g/mol. The number of amides is 2. The van der Waals surface area contributed by atoms with Gasteiger partial charge >= 0.3 is 0 Å².